The molecule has 2 aliphatic rings. The van der Waals surface area contributed by atoms with Gasteiger partial charge in [0.15, 0.2) is 5.96 Å². The van der Waals surface area contributed by atoms with Gasteiger partial charge in [0.2, 0.25) is 0 Å². The van der Waals surface area contributed by atoms with Crippen LogP contribution in [-0.2, 0) is 6.54 Å². The molecule has 1 atom stereocenters. The molecular weight excluding hydrogens is 368 g/mol. The van der Waals surface area contributed by atoms with E-state index in [1.54, 1.807) is 11.3 Å². The second kappa shape index (κ2) is 8.11. The van der Waals surface area contributed by atoms with E-state index >= 15 is 0 Å². The molecule has 2 heterocycles. The fraction of sp³-hybridized carbons (Fsp3) is 0.545. The first-order valence-corrected chi connectivity index (χ1v) is 11.2. The van der Waals surface area contributed by atoms with Crippen molar-refractivity contribution in [1.82, 2.24) is 15.6 Å². The first-order valence-electron chi connectivity index (χ1n) is 10.3. The average Bonchev–Trinajstić information content (AvgIpc) is 3.35. The summed E-state index contributed by atoms with van der Waals surface area (Å²) >= 11 is 1.73. The molecule has 1 aromatic carbocycles. The molecule has 28 heavy (non-hydrogen) atoms. The molecule has 1 aliphatic carbocycles. The van der Waals surface area contributed by atoms with Gasteiger partial charge in [-0.1, -0.05) is 32.0 Å². The van der Waals surface area contributed by atoms with Gasteiger partial charge in [0.1, 0.15) is 11.4 Å². The largest absolute Gasteiger partial charge is 0.487 e. The molecule has 5 nitrogen and oxygen atoms in total. The van der Waals surface area contributed by atoms with Crippen LogP contribution < -0.4 is 15.4 Å². The van der Waals surface area contributed by atoms with Crippen molar-refractivity contribution in [3.63, 3.8) is 0 Å². The highest BCUT2D eigenvalue weighted by atomic mass is 32.1. The minimum absolute atomic E-state index is 0.0219. The lowest BCUT2D eigenvalue weighted by atomic mass is 9.86. The fourth-order valence-corrected chi connectivity index (χ4v) is 5.11. The predicted molar refractivity (Wildman–Crippen MR) is 115 cm³/mol. The van der Waals surface area contributed by atoms with Gasteiger partial charge in [-0.2, -0.15) is 0 Å². The number of aromatic nitrogens is 1. The first-order chi connectivity index (χ1) is 13.6. The van der Waals surface area contributed by atoms with Crippen molar-refractivity contribution in [3.8, 4) is 5.75 Å². The SMILES string of the molecule is CN=C(NCc1csc(C(C)C)n1)NC1CC2(CCCC2)Oc2ccccc21. The van der Waals surface area contributed by atoms with Gasteiger partial charge in [-0.15, -0.1) is 11.3 Å². The maximum Gasteiger partial charge on any atom is 0.191 e. The Kier molecular flexibility index (Phi) is 5.58. The first kappa shape index (κ1) is 19.2. The molecule has 1 spiro atoms. The van der Waals surface area contributed by atoms with Gasteiger partial charge in [0, 0.05) is 30.3 Å². The molecule has 0 radical (unpaired) electrons. The van der Waals surface area contributed by atoms with Crippen molar-refractivity contribution in [3.05, 3.63) is 45.9 Å². The van der Waals surface area contributed by atoms with Crippen LogP contribution >= 0.6 is 11.3 Å². The molecule has 4 rings (SSSR count). The van der Waals surface area contributed by atoms with Gasteiger partial charge in [0.05, 0.1) is 23.3 Å². The van der Waals surface area contributed by atoms with Crippen molar-refractivity contribution in [2.45, 2.75) is 70.1 Å². The number of benzene rings is 1. The molecule has 150 valence electrons. The van der Waals surface area contributed by atoms with Crippen molar-refractivity contribution in [2.24, 2.45) is 4.99 Å². The predicted octanol–water partition coefficient (Wildman–Crippen LogP) is 4.77. The Morgan fingerprint density at radius 2 is 2.11 bits per heavy atom. The normalized spacial score (nSPS) is 20.9. The number of thiazole rings is 1. The van der Waals surface area contributed by atoms with E-state index in [1.807, 2.05) is 7.05 Å². The lowest BCUT2D eigenvalue weighted by Gasteiger charge is -2.40. The third-order valence-corrected chi connectivity index (χ3v) is 6.94. The zero-order valence-corrected chi connectivity index (χ0v) is 17.8. The van der Waals surface area contributed by atoms with E-state index in [2.05, 4.69) is 59.1 Å². The van der Waals surface area contributed by atoms with Crippen LogP contribution in [0.25, 0.3) is 0 Å². The molecule has 0 saturated heterocycles. The third kappa shape index (κ3) is 4.02. The molecule has 1 aromatic heterocycles. The number of hydrogen-bond donors (Lipinski definition) is 2. The molecule has 1 aliphatic heterocycles. The topological polar surface area (TPSA) is 58.5 Å². The molecule has 6 heteroatoms. The second-order valence-electron chi connectivity index (χ2n) is 8.19. The van der Waals surface area contributed by atoms with Crippen molar-refractivity contribution >= 4 is 17.3 Å². The monoisotopic (exact) mass is 398 g/mol. The van der Waals surface area contributed by atoms with E-state index in [-0.39, 0.29) is 11.6 Å². The number of aliphatic imine (C=N–C) groups is 1. The van der Waals surface area contributed by atoms with Gasteiger partial charge in [0.25, 0.3) is 0 Å². The summed E-state index contributed by atoms with van der Waals surface area (Å²) < 4.78 is 6.47. The summed E-state index contributed by atoms with van der Waals surface area (Å²) in [7, 11) is 1.83. The minimum Gasteiger partial charge on any atom is -0.487 e. The van der Waals surface area contributed by atoms with Gasteiger partial charge < -0.3 is 15.4 Å². The molecule has 1 unspecified atom stereocenters. The standard InChI is InChI=1S/C22H30N4OS/c1-15(2)20-25-16(14-28-20)13-24-21(23-3)26-18-12-22(10-6-7-11-22)27-19-9-5-4-8-17(18)19/h4-5,8-9,14-15,18H,6-7,10-13H2,1-3H3,(H2,23,24,26). The van der Waals surface area contributed by atoms with E-state index in [1.165, 1.54) is 23.4 Å². The highest BCUT2D eigenvalue weighted by molar-refractivity contribution is 7.09. The molecule has 0 amide bonds. The van der Waals surface area contributed by atoms with E-state index in [0.717, 1.165) is 36.7 Å². The molecule has 2 N–H and O–H groups in total. The van der Waals surface area contributed by atoms with Gasteiger partial charge in [-0.05, 0) is 31.7 Å². The zero-order chi connectivity index (χ0) is 19.6. The molecule has 1 fully saturated rings. The second-order valence-corrected chi connectivity index (χ2v) is 9.08. The van der Waals surface area contributed by atoms with Crippen LogP contribution in [0.5, 0.6) is 5.75 Å². The Labute approximate surface area is 171 Å². The summed E-state index contributed by atoms with van der Waals surface area (Å²) in [5.41, 5.74) is 2.27. The Balaban J connectivity index is 1.46. The molecule has 2 aromatic rings. The number of para-hydroxylation sites is 1. The van der Waals surface area contributed by atoms with Crippen LogP contribution in [0.2, 0.25) is 0 Å². The van der Waals surface area contributed by atoms with Crippen LogP contribution in [0.1, 0.15) is 74.2 Å². The summed E-state index contributed by atoms with van der Waals surface area (Å²) in [6, 6.07) is 8.61. The number of rotatable bonds is 4. The van der Waals surface area contributed by atoms with Crippen molar-refractivity contribution in [2.75, 3.05) is 7.05 Å². The van der Waals surface area contributed by atoms with E-state index in [9.17, 15) is 0 Å². The fourth-order valence-electron chi connectivity index (χ4n) is 4.28. The Morgan fingerprint density at radius 1 is 1.32 bits per heavy atom. The van der Waals surface area contributed by atoms with Crippen LogP contribution in [-0.4, -0.2) is 23.6 Å². The number of nitrogens with one attached hydrogen (secondary N) is 2. The summed E-state index contributed by atoms with van der Waals surface area (Å²) in [6.07, 6.45) is 5.78. The van der Waals surface area contributed by atoms with E-state index in [0.29, 0.717) is 12.5 Å². The summed E-state index contributed by atoms with van der Waals surface area (Å²) in [4.78, 5) is 9.17. The summed E-state index contributed by atoms with van der Waals surface area (Å²) in [5, 5.41) is 10.4. The number of ether oxygens (including phenoxy) is 1. The lowest BCUT2D eigenvalue weighted by Crippen LogP contribution is -2.46. The van der Waals surface area contributed by atoms with Crippen molar-refractivity contribution < 1.29 is 4.74 Å². The zero-order valence-electron chi connectivity index (χ0n) is 17.0. The Bertz CT molecular complexity index is 839. The number of fused-ring (bicyclic) bond motifs is 1. The number of nitrogens with zero attached hydrogens (tertiary/aromatic N) is 2. The maximum atomic E-state index is 6.47. The molecule has 0 bridgehead atoms. The number of hydrogen-bond acceptors (Lipinski definition) is 4. The molecular formula is C22H30N4OS. The maximum absolute atomic E-state index is 6.47. The van der Waals surface area contributed by atoms with Gasteiger partial charge in [-0.25, -0.2) is 4.98 Å². The average molecular weight is 399 g/mol. The van der Waals surface area contributed by atoms with Crippen LogP contribution in [0.4, 0.5) is 0 Å². The highest BCUT2D eigenvalue weighted by Gasteiger charge is 2.43. The lowest BCUT2D eigenvalue weighted by molar-refractivity contribution is 0.0396. The highest BCUT2D eigenvalue weighted by Crippen LogP contribution is 2.46. The quantitative estimate of drug-likeness (QED) is 0.575. The van der Waals surface area contributed by atoms with Crippen LogP contribution in [0.15, 0.2) is 34.6 Å². The molecule has 1 saturated carbocycles. The Hall–Kier alpha value is -2.08. The minimum atomic E-state index is -0.0219. The Morgan fingerprint density at radius 3 is 2.82 bits per heavy atom. The summed E-state index contributed by atoms with van der Waals surface area (Å²) in [5.74, 6) is 2.30. The smallest absolute Gasteiger partial charge is 0.191 e. The van der Waals surface area contributed by atoms with Crippen LogP contribution in [0, 0.1) is 0 Å². The summed E-state index contributed by atoms with van der Waals surface area (Å²) in [6.45, 7) is 5.04. The van der Waals surface area contributed by atoms with Gasteiger partial charge in [-0.3, -0.25) is 4.99 Å². The van der Waals surface area contributed by atoms with E-state index in [4.69, 9.17) is 9.72 Å². The third-order valence-electron chi connectivity index (χ3n) is 5.75. The number of guanidine groups is 1. The van der Waals surface area contributed by atoms with Crippen molar-refractivity contribution in [1.29, 1.82) is 0 Å². The van der Waals surface area contributed by atoms with Gasteiger partial charge >= 0.3 is 0 Å². The van der Waals surface area contributed by atoms with E-state index < -0.39 is 0 Å². The van der Waals surface area contributed by atoms with Crippen LogP contribution in [0.3, 0.4) is 0 Å².